The van der Waals surface area contributed by atoms with E-state index in [-0.39, 0.29) is 11.7 Å². The maximum absolute atomic E-state index is 12.7. The van der Waals surface area contributed by atoms with Gasteiger partial charge >= 0.3 is 0 Å². The lowest BCUT2D eigenvalue weighted by molar-refractivity contribution is 0.126. The van der Waals surface area contributed by atoms with Crippen LogP contribution in [0.4, 0.5) is 4.39 Å². The van der Waals surface area contributed by atoms with Gasteiger partial charge in [-0.2, -0.15) is 0 Å². The molecule has 0 bridgehead atoms. The van der Waals surface area contributed by atoms with Gasteiger partial charge in [0, 0.05) is 10.4 Å². The van der Waals surface area contributed by atoms with E-state index in [9.17, 15) is 4.39 Å². The molecule has 0 amide bonds. The van der Waals surface area contributed by atoms with E-state index >= 15 is 0 Å². The molecular formula is C9H11BrFNO. The number of halogens is 2. The number of rotatable bonds is 3. The Balaban J connectivity index is 2.88. The number of benzene rings is 1. The minimum atomic E-state index is -0.253. The van der Waals surface area contributed by atoms with Crippen LogP contribution in [0.5, 0.6) is 0 Å². The molecular weight excluding hydrogens is 237 g/mol. The molecule has 0 aromatic heterocycles. The van der Waals surface area contributed by atoms with Crippen molar-refractivity contribution >= 4 is 15.9 Å². The number of nitrogens with two attached hydrogens (primary N) is 1. The fourth-order valence-corrected chi connectivity index (χ4v) is 1.88. The first-order valence-corrected chi connectivity index (χ1v) is 4.71. The van der Waals surface area contributed by atoms with Gasteiger partial charge in [0.2, 0.25) is 0 Å². The molecule has 0 radical (unpaired) electrons. The Kier molecular flexibility index (Phi) is 3.84. The maximum Gasteiger partial charge on any atom is 0.124 e. The molecule has 72 valence electrons. The van der Waals surface area contributed by atoms with E-state index in [1.54, 1.807) is 6.07 Å². The van der Waals surface area contributed by atoms with E-state index in [4.69, 9.17) is 5.90 Å². The largest absolute Gasteiger partial charge is 0.304 e. The lowest BCUT2D eigenvalue weighted by atomic mass is 10.0. The highest BCUT2D eigenvalue weighted by molar-refractivity contribution is 9.10. The number of hydrogen-bond acceptors (Lipinski definition) is 2. The summed E-state index contributed by atoms with van der Waals surface area (Å²) < 4.78 is 13.5. The summed E-state index contributed by atoms with van der Waals surface area (Å²) in [5, 5.41) is 0. The molecule has 13 heavy (non-hydrogen) atoms. The van der Waals surface area contributed by atoms with Gasteiger partial charge in [0.1, 0.15) is 5.82 Å². The van der Waals surface area contributed by atoms with Crippen LogP contribution in [-0.2, 0) is 4.84 Å². The summed E-state index contributed by atoms with van der Waals surface area (Å²) in [7, 11) is 0. The van der Waals surface area contributed by atoms with E-state index in [0.717, 1.165) is 10.0 Å². The molecule has 0 aliphatic heterocycles. The van der Waals surface area contributed by atoms with Gasteiger partial charge in [-0.05, 0) is 17.7 Å². The van der Waals surface area contributed by atoms with Gasteiger partial charge in [0.15, 0.2) is 0 Å². The second kappa shape index (κ2) is 4.69. The summed E-state index contributed by atoms with van der Waals surface area (Å²) in [5.74, 6) is 4.86. The minimum absolute atomic E-state index is 0.153. The van der Waals surface area contributed by atoms with Crippen LogP contribution >= 0.6 is 15.9 Å². The van der Waals surface area contributed by atoms with Crippen molar-refractivity contribution < 1.29 is 9.23 Å². The van der Waals surface area contributed by atoms with Gasteiger partial charge in [-0.1, -0.05) is 28.9 Å². The molecule has 0 saturated heterocycles. The fraction of sp³-hybridized carbons (Fsp3) is 0.333. The van der Waals surface area contributed by atoms with Crippen LogP contribution in [0, 0.1) is 5.82 Å². The van der Waals surface area contributed by atoms with Crippen LogP contribution in [0.25, 0.3) is 0 Å². The van der Waals surface area contributed by atoms with E-state index in [1.807, 2.05) is 6.92 Å². The summed E-state index contributed by atoms with van der Waals surface area (Å²) in [6.07, 6.45) is 0. The Labute approximate surface area is 85.0 Å². The zero-order valence-electron chi connectivity index (χ0n) is 7.26. The Morgan fingerprint density at radius 1 is 1.62 bits per heavy atom. The predicted molar refractivity (Wildman–Crippen MR) is 52.7 cm³/mol. The molecule has 0 aliphatic rings. The second-order valence-corrected chi connectivity index (χ2v) is 3.75. The standard InChI is InChI=1S/C9H11BrFNO/c1-6(5-13-12)8-3-2-7(11)4-9(8)10/h2-4,6H,5,12H2,1H3. The molecule has 0 spiro atoms. The van der Waals surface area contributed by atoms with Crippen molar-refractivity contribution in [1.82, 2.24) is 0 Å². The van der Waals surface area contributed by atoms with Crippen molar-refractivity contribution in [2.75, 3.05) is 6.61 Å². The van der Waals surface area contributed by atoms with Crippen LogP contribution in [0.2, 0.25) is 0 Å². The second-order valence-electron chi connectivity index (χ2n) is 2.90. The van der Waals surface area contributed by atoms with Crippen molar-refractivity contribution in [2.45, 2.75) is 12.8 Å². The average Bonchev–Trinajstić information content (AvgIpc) is 2.04. The van der Waals surface area contributed by atoms with Crippen molar-refractivity contribution in [1.29, 1.82) is 0 Å². The molecule has 0 heterocycles. The summed E-state index contributed by atoms with van der Waals surface area (Å²) in [6, 6.07) is 4.58. The molecule has 2 nitrogen and oxygen atoms in total. The molecule has 4 heteroatoms. The third-order valence-electron chi connectivity index (χ3n) is 1.84. The van der Waals surface area contributed by atoms with Gasteiger partial charge in [0.25, 0.3) is 0 Å². The lowest BCUT2D eigenvalue weighted by Crippen LogP contribution is -2.09. The molecule has 2 N–H and O–H groups in total. The first-order valence-electron chi connectivity index (χ1n) is 3.91. The summed E-state index contributed by atoms with van der Waals surface area (Å²) in [6.45, 7) is 2.38. The molecule has 0 fully saturated rings. The van der Waals surface area contributed by atoms with Gasteiger partial charge in [-0.3, -0.25) is 0 Å². The molecule has 1 atom stereocenters. The van der Waals surface area contributed by atoms with E-state index in [2.05, 4.69) is 20.8 Å². The smallest absolute Gasteiger partial charge is 0.124 e. The van der Waals surface area contributed by atoms with Crippen LogP contribution in [-0.4, -0.2) is 6.61 Å². The zero-order chi connectivity index (χ0) is 9.84. The third kappa shape index (κ3) is 2.76. The van der Waals surface area contributed by atoms with Crippen molar-refractivity contribution in [3.05, 3.63) is 34.1 Å². The highest BCUT2D eigenvalue weighted by Crippen LogP contribution is 2.25. The van der Waals surface area contributed by atoms with E-state index < -0.39 is 0 Å². The third-order valence-corrected chi connectivity index (χ3v) is 2.53. The SMILES string of the molecule is CC(CON)c1ccc(F)cc1Br. The van der Waals surface area contributed by atoms with Crippen LogP contribution in [0.3, 0.4) is 0 Å². The Morgan fingerprint density at radius 2 is 2.31 bits per heavy atom. The highest BCUT2D eigenvalue weighted by atomic mass is 79.9. The lowest BCUT2D eigenvalue weighted by Gasteiger charge is -2.11. The molecule has 1 unspecified atom stereocenters. The van der Waals surface area contributed by atoms with Gasteiger partial charge < -0.3 is 4.84 Å². The van der Waals surface area contributed by atoms with Crippen molar-refractivity contribution in [3.8, 4) is 0 Å². The monoisotopic (exact) mass is 247 g/mol. The Hall–Kier alpha value is -0.450. The first-order chi connectivity index (χ1) is 6.15. The molecule has 0 saturated carbocycles. The predicted octanol–water partition coefficient (Wildman–Crippen LogP) is 2.58. The summed E-state index contributed by atoms with van der Waals surface area (Å²) in [4.78, 5) is 4.53. The first kappa shape index (κ1) is 10.6. The average molecular weight is 248 g/mol. The quantitative estimate of drug-likeness (QED) is 0.834. The summed E-state index contributed by atoms with van der Waals surface area (Å²) in [5.41, 5.74) is 0.992. The Morgan fingerprint density at radius 3 is 2.85 bits per heavy atom. The fourth-order valence-electron chi connectivity index (χ4n) is 1.14. The molecule has 1 rings (SSSR count). The van der Waals surface area contributed by atoms with Crippen molar-refractivity contribution in [2.24, 2.45) is 5.90 Å². The topological polar surface area (TPSA) is 35.2 Å². The minimum Gasteiger partial charge on any atom is -0.304 e. The number of hydrogen-bond donors (Lipinski definition) is 1. The van der Waals surface area contributed by atoms with Crippen LogP contribution < -0.4 is 5.90 Å². The zero-order valence-corrected chi connectivity index (χ0v) is 8.84. The molecule has 0 aliphatic carbocycles. The molecule has 1 aromatic rings. The van der Waals surface area contributed by atoms with Crippen molar-refractivity contribution in [3.63, 3.8) is 0 Å². The highest BCUT2D eigenvalue weighted by Gasteiger charge is 2.09. The summed E-state index contributed by atoms with van der Waals surface area (Å²) >= 11 is 3.28. The van der Waals surface area contributed by atoms with Crippen LogP contribution in [0.15, 0.2) is 22.7 Å². The molecule has 1 aromatic carbocycles. The Bertz CT molecular complexity index is 293. The van der Waals surface area contributed by atoms with Crippen LogP contribution in [0.1, 0.15) is 18.4 Å². The normalized spacial score (nSPS) is 12.9. The van der Waals surface area contributed by atoms with Gasteiger partial charge in [0.05, 0.1) is 6.61 Å². The van der Waals surface area contributed by atoms with E-state index in [1.165, 1.54) is 12.1 Å². The van der Waals surface area contributed by atoms with Gasteiger partial charge in [-0.15, -0.1) is 0 Å². The van der Waals surface area contributed by atoms with E-state index in [0.29, 0.717) is 6.61 Å². The maximum atomic E-state index is 12.7. The van der Waals surface area contributed by atoms with Gasteiger partial charge in [-0.25, -0.2) is 10.3 Å².